The molecule has 0 aliphatic heterocycles. The van der Waals surface area contributed by atoms with E-state index in [0.29, 0.717) is 10.1 Å². The van der Waals surface area contributed by atoms with Crippen molar-refractivity contribution in [3.8, 4) is 0 Å². The molecular formula is C11H12IN3OS. The van der Waals surface area contributed by atoms with Gasteiger partial charge in [0.1, 0.15) is 0 Å². The average molecular weight is 361 g/mol. The monoisotopic (exact) mass is 361 g/mol. The zero-order valence-electron chi connectivity index (χ0n) is 9.61. The molecular weight excluding hydrogens is 349 g/mol. The van der Waals surface area contributed by atoms with Crippen LogP contribution < -0.4 is 5.56 Å². The molecule has 0 aromatic carbocycles. The molecule has 0 bridgehead atoms. The van der Waals surface area contributed by atoms with Crippen LogP contribution in [0.25, 0.3) is 0 Å². The van der Waals surface area contributed by atoms with Gasteiger partial charge in [0, 0.05) is 5.38 Å². The second-order valence-electron chi connectivity index (χ2n) is 3.66. The van der Waals surface area contributed by atoms with E-state index in [-0.39, 0.29) is 5.56 Å². The molecule has 0 aliphatic rings. The first kappa shape index (κ1) is 12.7. The van der Waals surface area contributed by atoms with E-state index in [0.717, 1.165) is 22.8 Å². The van der Waals surface area contributed by atoms with Gasteiger partial charge in [0.15, 0.2) is 0 Å². The lowest BCUT2D eigenvalue weighted by Gasteiger charge is -2.04. The van der Waals surface area contributed by atoms with Crippen LogP contribution in [-0.2, 0) is 13.0 Å². The molecule has 0 amide bonds. The zero-order chi connectivity index (χ0) is 12.4. The molecule has 2 heterocycles. The first-order chi connectivity index (χ1) is 8.11. The third-order valence-corrected chi connectivity index (χ3v) is 4.68. The number of halogens is 1. The van der Waals surface area contributed by atoms with Crippen LogP contribution >= 0.6 is 33.9 Å². The minimum atomic E-state index is 0.00384. The van der Waals surface area contributed by atoms with Gasteiger partial charge in [0.2, 0.25) is 0 Å². The highest BCUT2D eigenvalue weighted by molar-refractivity contribution is 14.1. The number of nitrogens with zero attached hydrogens (tertiary/aromatic N) is 3. The minimum Gasteiger partial charge on any atom is -0.292 e. The maximum Gasteiger partial charge on any atom is 0.267 e. The Morgan fingerprint density at radius 1 is 1.53 bits per heavy atom. The van der Waals surface area contributed by atoms with Crippen LogP contribution in [0.4, 0.5) is 0 Å². The molecule has 0 radical (unpaired) electrons. The van der Waals surface area contributed by atoms with Crippen molar-refractivity contribution >= 4 is 33.9 Å². The molecule has 6 heteroatoms. The van der Waals surface area contributed by atoms with Gasteiger partial charge in [-0.05, 0) is 35.9 Å². The first-order valence-corrected chi connectivity index (χ1v) is 7.22. The highest BCUT2D eigenvalue weighted by Gasteiger charge is 2.07. The van der Waals surface area contributed by atoms with Gasteiger partial charge in [-0.3, -0.25) is 9.36 Å². The van der Waals surface area contributed by atoms with E-state index >= 15 is 0 Å². The van der Waals surface area contributed by atoms with E-state index in [1.54, 1.807) is 22.2 Å². The normalized spacial score (nSPS) is 10.8. The lowest BCUT2D eigenvalue weighted by molar-refractivity contribution is 0.709. The van der Waals surface area contributed by atoms with E-state index in [4.69, 9.17) is 0 Å². The Bertz CT molecular complexity index is 591. The number of rotatable bonds is 3. The molecule has 17 heavy (non-hydrogen) atoms. The van der Waals surface area contributed by atoms with Crippen molar-refractivity contribution in [2.24, 2.45) is 0 Å². The van der Waals surface area contributed by atoms with Crippen molar-refractivity contribution in [3.63, 3.8) is 0 Å². The summed E-state index contributed by atoms with van der Waals surface area (Å²) in [5.74, 6) is 0. The van der Waals surface area contributed by atoms with Crippen molar-refractivity contribution in [2.45, 2.75) is 26.8 Å². The molecule has 90 valence electrons. The number of thiazole rings is 1. The third kappa shape index (κ3) is 2.74. The van der Waals surface area contributed by atoms with Gasteiger partial charge in [0.05, 0.1) is 32.8 Å². The molecule has 4 nitrogen and oxygen atoms in total. The van der Waals surface area contributed by atoms with E-state index < -0.39 is 0 Å². The van der Waals surface area contributed by atoms with E-state index in [9.17, 15) is 4.79 Å². The molecule has 0 spiro atoms. The van der Waals surface area contributed by atoms with Crippen LogP contribution in [0.5, 0.6) is 0 Å². The standard InChI is InChI=1S/C11H12IN3OS/c1-3-9-14-8(5-17-9)4-15-6-13-7(2)10(12)11(15)16/h5-6H,3-4H2,1-2H3. The van der Waals surface area contributed by atoms with E-state index in [1.807, 2.05) is 34.9 Å². The first-order valence-electron chi connectivity index (χ1n) is 5.26. The third-order valence-electron chi connectivity index (χ3n) is 2.39. The Kier molecular flexibility index (Phi) is 3.93. The quantitative estimate of drug-likeness (QED) is 0.788. The topological polar surface area (TPSA) is 47.8 Å². The fraction of sp³-hybridized carbons (Fsp3) is 0.364. The van der Waals surface area contributed by atoms with E-state index in [1.165, 1.54) is 0 Å². The second kappa shape index (κ2) is 5.26. The van der Waals surface area contributed by atoms with Crippen molar-refractivity contribution in [3.05, 3.63) is 42.0 Å². The van der Waals surface area contributed by atoms with Crippen LogP contribution in [0.2, 0.25) is 0 Å². The molecule has 2 aromatic heterocycles. The molecule has 0 atom stereocenters. The summed E-state index contributed by atoms with van der Waals surface area (Å²) in [5.41, 5.74) is 1.71. The van der Waals surface area contributed by atoms with Crippen molar-refractivity contribution in [1.82, 2.24) is 14.5 Å². The van der Waals surface area contributed by atoms with Gasteiger partial charge in [-0.2, -0.15) is 0 Å². The number of aryl methyl sites for hydroxylation is 2. The average Bonchev–Trinajstić information content (AvgIpc) is 2.78. The number of aromatic nitrogens is 3. The summed E-state index contributed by atoms with van der Waals surface area (Å²) in [6.45, 7) is 4.41. The molecule has 2 rings (SSSR count). The molecule has 0 saturated carbocycles. The predicted molar refractivity (Wildman–Crippen MR) is 76.5 cm³/mol. The van der Waals surface area contributed by atoms with Gasteiger partial charge in [0.25, 0.3) is 5.56 Å². The van der Waals surface area contributed by atoms with Gasteiger partial charge in [-0.1, -0.05) is 6.92 Å². The largest absolute Gasteiger partial charge is 0.292 e. The lowest BCUT2D eigenvalue weighted by Crippen LogP contribution is -2.24. The summed E-state index contributed by atoms with van der Waals surface area (Å²) in [5, 5.41) is 3.10. The van der Waals surface area contributed by atoms with Crippen molar-refractivity contribution in [1.29, 1.82) is 0 Å². The minimum absolute atomic E-state index is 0.00384. The van der Waals surface area contributed by atoms with Crippen LogP contribution in [0, 0.1) is 10.5 Å². The van der Waals surface area contributed by atoms with Crippen LogP contribution in [0.15, 0.2) is 16.5 Å². The number of hydrogen-bond acceptors (Lipinski definition) is 4. The van der Waals surface area contributed by atoms with Gasteiger partial charge >= 0.3 is 0 Å². The summed E-state index contributed by atoms with van der Waals surface area (Å²) in [7, 11) is 0. The Hall–Kier alpha value is -0.760. The Morgan fingerprint density at radius 2 is 2.29 bits per heavy atom. The molecule has 0 unspecified atom stereocenters. The fourth-order valence-electron chi connectivity index (χ4n) is 1.42. The van der Waals surface area contributed by atoms with Crippen LogP contribution in [-0.4, -0.2) is 14.5 Å². The summed E-state index contributed by atoms with van der Waals surface area (Å²) in [6.07, 6.45) is 2.52. The van der Waals surface area contributed by atoms with Gasteiger partial charge < -0.3 is 0 Å². The maximum atomic E-state index is 12.0. The zero-order valence-corrected chi connectivity index (χ0v) is 12.6. The Balaban J connectivity index is 2.30. The summed E-state index contributed by atoms with van der Waals surface area (Å²) in [4.78, 5) is 20.6. The Labute approximate surface area is 117 Å². The van der Waals surface area contributed by atoms with Gasteiger partial charge in [-0.25, -0.2) is 9.97 Å². The van der Waals surface area contributed by atoms with Crippen LogP contribution in [0.1, 0.15) is 23.3 Å². The predicted octanol–water partition coefficient (Wildman–Crippen LogP) is 2.22. The molecule has 0 fully saturated rings. The van der Waals surface area contributed by atoms with Crippen molar-refractivity contribution < 1.29 is 0 Å². The summed E-state index contributed by atoms with van der Waals surface area (Å²) >= 11 is 3.67. The lowest BCUT2D eigenvalue weighted by atomic mass is 10.4. The van der Waals surface area contributed by atoms with E-state index in [2.05, 4.69) is 16.9 Å². The van der Waals surface area contributed by atoms with Crippen LogP contribution in [0.3, 0.4) is 0 Å². The highest BCUT2D eigenvalue weighted by Crippen LogP contribution is 2.11. The molecule has 0 N–H and O–H groups in total. The number of hydrogen-bond donors (Lipinski definition) is 0. The summed E-state index contributed by atoms with van der Waals surface area (Å²) in [6, 6.07) is 0. The second-order valence-corrected chi connectivity index (χ2v) is 5.68. The maximum absolute atomic E-state index is 12.0. The summed E-state index contributed by atoms with van der Waals surface area (Å²) < 4.78 is 2.28. The SMILES string of the molecule is CCc1nc(Cn2cnc(C)c(I)c2=O)cs1. The molecule has 2 aromatic rings. The highest BCUT2D eigenvalue weighted by atomic mass is 127. The molecule has 0 saturated heterocycles. The van der Waals surface area contributed by atoms with Crippen molar-refractivity contribution in [2.75, 3.05) is 0 Å². The molecule has 0 aliphatic carbocycles. The smallest absolute Gasteiger partial charge is 0.267 e. The fourth-order valence-corrected chi connectivity index (χ4v) is 2.60. The Morgan fingerprint density at radius 3 is 2.94 bits per heavy atom. The van der Waals surface area contributed by atoms with Gasteiger partial charge in [-0.15, -0.1) is 11.3 Å².